The second-order valence-corrected chi connectivity index (χ2v) is 9.46. The smallest absolute Gasteiger partial charge is 0.338 e. The predicted molar refractivity (Wildman–Crippen MR) is 127 cm³/mol. The largest absolute Gasteiger partial charge is 1.00 e. The summed E-state index contributed by atoms with van der Waals surface area (Å²) in [6.07, 6.45) is 8.12. The SMILES string of the molecule is CC(=O)N[C@@H](CC(C)C)C(=O)N[C@@H](CC1CCCCC1)C(=O)N[C@@H](CCC[NH+]=C(N)N)[13CH]=O.[Cl-]. The van der Waals surface area contributed by atoms with Crippen molar-refractivity contribution in [2.24, 2.45) is 23.3 Å². The van der Waals surface area contributed by atoms with Gasteiger partial charge in [0.15, 0.2) is 0 Å². The van der Waals surface area contributed by atoms with E-state index in [2.05, 4.69) is 20.9 Å². The Morgan fingerprint density at radius 3 is 2.15 bits per heavy atom. The number of guanidine groups is 1. The Bertz CT molecular complexity index is 678. The summed E-state index contributed by atoms with van der Waals surface area (Å²) >= 11 is 0. The summed E-state index contributed by atoms with van der Waals surface area (Å²) in [6.45, 7) is 5.78. The fourth-order valence-corrected chi connectivity index (χ4v) is 4.22. The van der Waals surface area contributed by atoms with E-state index in [-0.39, 0.29) is 42.0 Å². The van der Waals surface area contributed by atoms with E-state index in [1.54, 1.807) is 0 Å². The number of aldehydes is 1. The van der Waals surface area contributed by atoms with E-state index in [1.165, 1.54) is 13.3 Å². The zero-order chi connectivity index (χ0) is 24.8. The first-order valence-corrected chi connectivity index (χ1v) is 12.1. The average Bonchev–Trinajstić information content (AvgIpc) is 2.74. The molecule has 10 nitrogen and oxygen atoms in total. The Morgan fingerprint density at radius 2 is 1.62 bits per heavy atom. The van der Waals surface area contributed by atoms with Crippen molar-refractivity contribution in [2.75, 3.05) is 6.54 Å². The standard InChI is InChI=1S/C23H42N6O4.ClH/c1-15(2)12-19(27-16(3)31)22(33)29-20(13-17-8-5-4-6-9-17)21(32)28-18(14-30)10-7-11-26-23(24)25;/h14-15,17-20H,4-13H2,1-3H3,(H,27,31)(H,28,32)(H,29,33)(H4,24,25,26);1H/t18-,19-,20-;/m0./s1/i14+1;. The van der Waals surface area contributed by atoms with Crippen molar-refractivity contribution >= 4 is 30.0 Å². The monoisotopic (exact) mass is 503 g/mol. The Kier molecular flexibility index (Phi) is 15.9. The molecule has 0 unspecified atom stereocenters. The Morgan fingerprint density at radius 1 is 1.00 bits per heavy atom. The predicted octanol–water partition coefficient (Wildman–Crippen LogP) is -4.19. The molecule has 0 spiro atoms. The number of hydrogen-bond donors (Lipinski definition) is 6. The molecule has 0 aromatic carbocycles. The lowest BCUT2D eigenvalue weighted by atomic mass is 9.84. The molecule has 0 aromatic rings. The fraction of sp³-hybridized carbons (Fsp3) is 0.783. The summed E-state index contributed by atoms with van der Waals surface area (Å²) in [6, 6.07) is -2.15. The van der Waals surface area contributed by atoms with Crippen molar-refractivity contribution in [1.82, 2.24) is 16.0 Å². The minimum Gasteiger partial charge on any atom is -1.00 e. The Labute approximate surface area is 209 Å². The van der Waals surface area contributed by atoms with Gasteiger partial charge in [-0.05, 0) is 37.5 Å². The van der Waals surface area contributed by atoms with Crippen LogP contribution in [0.15, 0.2) is 0 Å². The summed E-state index contributed by atoms with van der Waals surface area (Å²) in [7, 11) is 0. The summed E-state index contributed by atoms with van der Waals surface area (Å²) < 4.78 is 0. The van der Waals surface area contributed by atoms with E-state index < -0.39 is 18.1 Å². The van der Waals surface area contributed by atoms with E-state index in [4.69, 9.17) is 11.5 Å². The molecule has 1 fully saturated rings. The van der Waals surface area contributed by atoms with Crippen LogP contribution in [0.3, 0.4) is 0 Å². The molecule has 196 valence electrons. The third kappa shape index (κ3) is 13.4. The Hall–Kier alpha value is -2.36. The lowest BCUT2D eigenvalue weighted by molar-refractivity contribution is -0.459. The zero-order valence-corrected chi connectivity index (χ0v) is 21.5. The molecule has 1 aliphatic carbocycles. The molecule has 3 amide bonds. The third-order valence-electron chi connectivity index (χ3n) is 5.84. The van der Waals surface area contributed by atoms with Gasteiger partial charge in [-0.15, -0.1) is 0 Å². The van der Waals surface area contributed by atoms with Crippen LogP contribution >= 0.6 is 0 Å². The lowest BCUT2D eigenvalue weighted by Crippen LogP contribution is -3.00. The summed E-state index contributed by atoms with van der Waals surface area (Å²) in [5, 5.41) is 8.31. The van der Waals surface area contributed by atoms with Crippen molar-refractivity contribution in [2.45, 2.75) is 96.7 Å². The molecule has 0 bridgehead atoms. The number of amides is 3. The quantitative estimate of drug-likeness (QED) is 0.0461. The van der Waals surface area contributed by atoms with Crippen LogP contribution in [-0.4, -0.2) is 54.6 Å². The number of hydrogen-bond acceptors (Lipinski definition) is 4. The van der Waals surface area contributed by atoms with Gasteiger partial charge in [0.25, 0.3) is 0 Å². The number of nitrogens with two attached hydrogens (primary N) is 2. The highest BCUT2D eigenvalue weighted by Crippen LogP contribution is 2.27. The molecule has 1 saturated carbocycles. The Balaban J connectivity index is 0.0000109. The van der Waals surface area contributed by atoms with Crippen LogP contribution in [0.4, 0.5) is 0 Å². The van der Waals surface area contributed by atoms with Crippen molar-refractivity contribution in [3.63, 3.8) is 0 Å². The molecule has 0 aliphatic heterocycles. The van der Waals surface area contributed by atoms with Gasteiger partial charge in [-0.3, -0.25) is 30.8 Å². The van der Waals surface area contributed by atoms with Crippen molar-refractivity contribution in [1.29, 1.82) is 0 Å². The van der Waals surface area contributed by atoms with Crippen molar-refractivity contribution in [3.05, 3.63) is 0 Å². The van der Waals surface area contributed by atoms with Crippen LogP contribution in [0.5, 0.6) is 0 Å². The number of rotatable bonds is 14. The molecule has 0 saturated heterocycles. The molecule has 34 heavy (non-hydrogen) atoms. The van der Waals surface area contributed by atoms with E-state index in [0.29, 0.717) is 44.4 Å². The molecular weight excluding hydrogens is 461 g/mol. The van der Waals surface area contributed by atoms with Crippen LogP contribution in [0.25, 0.3) is 0 Å². The van der Waals surface area contributed by atoms with Gasteiger partial charge < -0.3 is 33.2 Å². The summed E-state index contributed by atoms with van der Waals surface area (Å²) in [5.41, 5.74) is 10.7. The highest BCUT2D eigenvalue weighted by atomic mass is 35.5. The molecule has 1 rings (SSSR count). The van der Waals surface area contributed by atoms with Gasteiger partial charge in [0.1, 0.15) is 18.4 Å². The topological polar surface area (TPSA) is 170 Å². The van der Waals surface area contributed by atoms with Crippen molar-refractivity contribution in [3.8, 4) is 0 Å². The number of halogens is 1. The van der Waals surface area contributed by atoms with E-state index in [0.717, 1.165) is 25.7 Å². The number of carbonyl (C=O) groups is 4. The summed E-state index contributed by atoms with van der Waals surface area (Å²) in [4.78, 5) is 52.0. The first-order chi connectivity index (χ1) is 15.6. The second-order valence-electron chi connectivity index (χ2n) is 9.46. The highest BCUT2D eigenvalue weighted by molar-refractivity contribution is 5.92. The van der Waals surface area contributed by atoms with Gasteiger partial charge in [0, 0.05) is 6.92 Å². The molecule has 0 radical (unpaired) electrons. The van der Waals surface area contributed by atoms with Crippen LogP contribution in [-0.2, 0) is 19.2 Å². The lowest BCUT2D eigenvalue weighted by Gasteiger charge is -2.29. The van der Waals surface area contributed by atoms with E-state index in [1.807, 2.05) is 13.8 Å². The molecule has 3 atom stereocenters. The maximum atomic E-state index is 13.1. The fourth-order valence-electron chi connectivity index (χ4n) is 4.22. The highest BCUT2D eigenvalue weighted by Gasteiger charge is 2.30. The number of carbonyl (C=O) groups excluding carboxylic acids is 4. The minimum atomic E-state index is -0.766. The van der Waals surface area contributed by atoms with Crippen LogP contribution in [0, 0.1) is 11.8 Å². The van der Waals surface area contributed by atoms with Gasteiger partial charge in [-0.25, -0.2) is 0 Å². The average molecular weight is 504 g/mol. The van der Waals surface area contributed by atoms with E-state index in [9.17, 15) is 19.2 Å². The van der Waals surface area contributed by atoms with Gasteiger partial charge >= 0.3 is 5.96 Å². The molecule has 8 N–H and O–H groups in total. The normalized spacial score (nSPS) is 16.4. The van der Waals surface area contributed by atoms with Gasteiger partial charge in [-0.1, -0.05) is 46.0 Å². The maximum Gasteiger partial charge on any atom is 0.338 e. The first-order valence-electron chi connectivity index (χ1n) is 12.1. The molecule has 0 heterocycles. The first kappa shape index (κ1) is 31.6. The van der Waals surface area contributed by atoms with Crippen LogP contribution in [0.1, 0.15) is 78.6 Å². The van der Waals surface area contributed by atoms with Crippen molar-refractivity contribution < 1.29 is 36.6 Å². The van der Waals surface area contributed by atoms with Gasteiger partial charge in [0.2, 0.25) is 17.7 Å². The van der Waals surface area contributed by atoms with E-state index >= 15 is 0 Å². The second kappa shape index (κ2) is 17.1. The molecular formula is C23H43ClN6O4. The third-order valence-corrected chi connectivity index (χ3v) is 5.84. The molecule has 1 aliphatic rings. The van der Waals surface area contributed by atoms with Gasteiger partial charge in [0.05, 0.1) is 12.6 Å². The van der Waals surface area contributed by atoms with Crippen LogP contribution < -0.4 is 44.8 Å². The maximum absolute atomic E-state index is 13.1. The molecule has 11 heteroatoms. The van der Waals surface area contributed by atoms with Crippen LogP contribution in [0.2, 0.25) is 0 Å². The van der Waals surface area contributed by atoms with Gasteiger partial charge in [-0.2, -0.15) is 0 Å². The molecule has 0 aromatic heterocycles. The summed E-state index contributed by atoms with van der Waals surface area (Å²) in [5.74, 6) is -0.432. The minimum absolute atomic E-state index is 0. The number of nitrogens with one attached hydrogen (secondary N) is 4. The zero-order valence-electron chi connectivity index (χ0n) is 20.7.